The average Bonchev–Trinajstić information content (AvgIpc) is 2.25. The summed E-state index contributed by atoms with van der Waals surface area (Å²) in [4.78, 5) is 13.8. The molecule has 1 aliphatic heterocycles. The zero-order valence-corrected chi connectivity index (χ0v) is 11.1. The standard InChI is InChI=1S/C13H14BrNO2/c14-10-4-5-12-11(6-10)15(13(16)8-17-12)7-9-2-1-3-9/h4-6,9H,1-3,7-8H2. The van der Waals surface area contributed by atoms with Crippen molar-refractivity contribution in [2.24, 2.45) is 5.92 Å². The number of amides is 1. The molecule has 0 aromatic heterocycles. The minimum absolute atomic E-state index is 0.0718. The van der Waals surface area contributed by atoms with Crippen LogP contribution in [0.5, 0.6) is 5.75 Å². The van der Waals surface area contributed by atoms with E-state index in [0.29, 0.717) is 5.92 Å². The zero-order chi connectivity index (χ0) is 11.8. The highest BCUT2D eigenvalue weighted by Crippen LogP contribution is 2.37. The van der Waals surface area contributed by atoms with E-state index < -0.39 is 0 Å². The molecule has 1 heterocycles. The first-order valence-electron chi connectivity index (χ1n) is 5.97. The molecule has 4 heteroatoms. The number of hydrogen-bond acceptors (Lipinski definition) is 2. The lowest BCUT2D eigenvalue weighted by molar-refractivity contribution is -0.121. The van der Waals surface area contributed by atoms with Crippen LogP contribution in [-0.2, 0) is 4.79 Å². The Morgan fingerprint density at radius 3 is 2.94 bits per heavy atom. The van der Waals surface area contributed by atoms with E-state index in [2.05, 4.69) is 15.9 Å². The second-order valence-corrected chi connectivity index (χ2v) is 5.62. The number of benzene rings is 1. The maximum absolute atomic E-state index is 11.9. The van der Waals surface area contributed by atoms with Crippen molar-refractivity contribution in [1.29, 1.82) is 0 Å². The quantitative estimate of drug-likeness (QED) is 0.839. The van der Waals surface area contributed by atoms with Crippen molar-refractivity contribution in [3.05, 3.63) is 22.7 Å². The summed E-state index contributed by atoms with van der Waals surface area (Å²) < 4.78 is 6.42. The zero-order valence-electron chi connectivity index (χ0n) is 9.49. The van der Waals surface area contributed by atoms with Crippen LogP contribution in [0.1, 0.15) is 19.3 Å². The second kappa shape index (κ2) is 4.33. The average molecular weight is 296 g/mol. The fraction of sp³-hybridized carbons (Fsp3) is 0.462. The van der Waals surface area contributed by atoms with Gasteiger partial charge in [0.1, 0.15) is 5.75 Å². The van der Waals surface area contributed by atoms with Crippen LogP contribution >= 0.6 is 15.9 Å². The third-order valence-electron chi connectivity index (χ3n) is 3.53. The van der Waals surface area contributed by atoms with Crippen LogP contribution in [0.2, 0.25) is 0 Å². The van der Waals surface area contributed by atoms with Gasteiger partial charge in [0.2, 0.25) is 0 Å². The highest BCUT2D eigenvalue weighted by atomic mass is 79.9. The van der Waals surface area contributed by atoms with Gasteiger partial charge in [0.05, 0.1) is 5.69 Å². The molecule has 1 amide bonds. The second-order valence-electron chi connectivity index (χ2n) is 4.70. The highest BCUT2D eigenvalue weighted by molar-refractivity contribution is 9.10. The van der Waals surface area contributed by atoms with Gasteiger partial charge in [0.15, 0.2) is 6.61 Å². The van der Waals surface area contributed by atoms with Crippen molar-refractivity contribution in [1.82, 2.24) is 0 Å². The van der Waals surface area contributed by atoms with Crippen molar-refractivity contribution in [2.45, 2.75) is 19.3 Å². The molecule has 3 rings (SSSR count). The summed E-state index contributed by atoms with van der Waals surface area (Å²) in [6.45, 7) is 1.01. The summed E-state index contributed by atoms with van der Waals surface area (Å²) in [5.41, 5.74) is 0.905. The van der Waals surface area contributed by atoms with Crippen LogP contribution in [-0.4, -0.2) is 19.1 Å². The number of rotatable bonds is 2. The Hall–Kier alpha value is -1.03. The van der Waals surface area contributed by atoms with E-state index in [4.69, 9.17) is 4.74 Å². The number of carbonyl (C=O) groups excluding carboxylic acids is 1. The topological polar surface area (TPSA) is 29.5 Å². The highest BCUT2D eigenvalue weighted by Gasteiger charge is 2.29. The summed E-state index contributed by atoms with van der Waals surface area (Å²) in [5.74, 6) is 1.55. The molecule has 1 aliphatic carbocycles. The van der Waals surface area contributed by atoms with Gasteiger partial charge >= 0.3 is 0 Å². The van der Waals surface area contributed by atoms with Gasteiger partial charge in [-0.3, -0.25) is 4.79 Å². The van der Waals surface area contributed by atoms with Crippen molar-refractivity contribution in [3.8, 4) is 5.75 Å². The molecule has 0 unspecified atom stereocenters. The van der Waals surface area contributed by atoms with Crippen LogP contribution < -0.4 is 9.64 Å². The summed E-state index contributed by atoms with van der Waals surface area (Å²) in [6, 6.07) is 5.82. The molecule has 0 atom stereocenters. The molecule has 0 radical (unpaired) electrons. The van der Waals surface area contributed by atoms with Crippen molar-refractivity contribution in [2.75, 3.05) is 18.1 Å². The molecule has 1 fully saturated rings. The van der Waals surface area contributed by atoms with Gasteiger partial charge < -0.3 is 9.64 Å². The van der Waals surface area contributed by atoms with E-state index in [-0.39, 0.29) is 12.5 Å². The van der Waals surface area contributed by atoms with Gasteiger partial charge in [-0.25, -0.2) is 0 Å². The first-order chi connectivity index (χ1) is 8.24. The SMILES string of the molecule is O=C1COc2ccc(Br)cc2N1CC1CCC1. The summed E-state index contributed by atoms with van der Waals surface area (Å²) in [6.07, 6.45) is 3.79. The molecule has 90 valence electrons. The number of carbonyl (C=O) groups is 1. The van der Waals surface area contributed by atoms with Crippen LogP contribution in [0.15, 0.2) is 22.7 Å². The number of ether oxygens (including phenoxy) is 1. The van der Waals surface area contributed by atoms with Gasteiger partial charge in [-0.15, -0.1) is 0 Å². The van der Waals surface area contributed by atoms with Crippen LogP contribution in [0.4, 0.5) is 5.69 Å². The van der Waals surface area contributed by atoms with Crippen molar-refractivity contribution < 1.29 is 9.53 Å². The summed E-state index contributed by atoms with van der Waals surface area (Å²) in [7, 11) is 0. The molecule has 1 aromatic rings. The fourth-order valence-corrected chi connectivity index (χ4v) is 2.66. The van der Waals surface area contributed by atoms with E-state index >= 15 is 0 Å². The molecular weight excluding hydrogens is 282 g/mol. The lowest BCUT2D eigenvalue weighted by Crippen LogP contribution is -2.42. The molecule has 1 aromatic carbocycles. The monoisotopic (exact) mass is 295 g/mol. The summed E-state index contributed by atoms with van der Waals surface area (Å²) >= 11 is 3.44. The number of hydrogen-bond donors (Lipinski definition) is 0. The molecule has 3 nitrogen and oxygen atoms in total. The molecule has 0 bridgehead atoms. The Balaban J connectivity index is 1.90. The van der Waals surface area contributed by atoms with Gasteiger partial charge in [-0.05, 0) is 37.0 Å². The lowest BCUT2D eigenvalue weighted by atomic mass is 9.85. The molecule has 0 spiro atoms. The molecule has 0 saturated heterocycles. The lowest BCUT2D eigenvalue weighted by Gasteiger charge is -2.35. The Morgan fingerprint density at radius 2 is 2.24 bits per heavy atom. The Morgan fingerprint density at radius 1 is 1.41 bits per heavy atom. The Bertz CT molecular complexity index is 457. The van der Waals surface area contributed by atoms with Gasteiger partial charge in [-0.1, -0.05) is 22.4 Å². The molecule has 17 heavy (non-hydrogen) atoms. The van der Waals surface area contributed by atoms with E-state index in [1.807, 2.05) is 23.1 Å². The minimum atomic E-state index is 0.0718. The molecule has 1 saturated carbocycles. The van der Waals surface area contributed by atoms with E-state index in [9.17, 15) is 4.79 Å². The number of halogens is 1. The first kappa shape index (κ1) is 11.1. The predicted molar refractivity (Wildman–Crippen MR) is 69.3 cm³/mol. The number of anilines is 1. The van der Waals surface area contributed by atoms with E-state index in [1.54, 1.807) is 0 Å². The maximum Gasteiger partial charge on any atom is 0.265 e. The van der Waals surface area contributed by atoms with Gasteiger partial charge in [-0.2, -0.15) is 0 Å². The third kappa shape index (κ3) is 2.06. The molecule has 2 aliphatic rings. The van der Waals surface area contributed by atoms with Crippen molar-refractivity contribution in [3.63, 3.8) is 0 Å². The smallest absolute Gasteiger partial charge is 0.265 e. The van der Waals surface area contributed by atoms with Crippen LogP contribution in [0.3, 0.4) is 0 Å². The van der Waals surface area contributed by atoms with E-state index in [0.717, 1.165) is 22.5 Å². The van der Waals surface area contributed by atoms with Crippen LogP contribution in [0.25, 0.3) is 0 Å². The van der Waals surface area contributed by atoms with Crippen LogP contribution in [0, 0.1) is 5.92 Å². The Kier molecular flexibility index (Phi) is 2.82. The predicted octanol–water partition coefficient (Wildman–Crippen LogP) is 2.97. The summed E-state index contributed by atoms with van der Waals surface area (Å²) in [5, 5.41) is 0. The number of nitrogens with zero attached hydrogens (tertiary/aromatic N) is 1. The molecular formula is C13H14BrNO2. The third-order valence-corrected chi connectivity index (χ3v) is 4.02. The maximum atomic E-state index is 11.9. The normalized spacial score (nSPS) is 19.6. The van der Waals surface area contributed by atoms with Gasteiger partial charge in [0.25, 0.3) is 5.91 Å². The van der Waals surface area contributed by atoms with E-state index in [1.165, 1.54) is 19.3 Å². The number of fused-ring (bicyclic) bond motifs is 1. The largest absolute Gasteiger partial charge is 0.482 e. The first-order valence-corrected chi connectivity index (χ1v) is 6.76. The Labute approximate surface area is 109 Å². The van der Waals surface area contributed by atoms with Crippen molar-refractivity contribution >= 4 is 27.5 Å². The minimum Gasteiger partial charge on any atom is -0.482 e. The fourth-order valence-electron chi connectivity index (χ4n) is 2.31. The van der Waals surface area contributed by atoms with Gasteiger partial charge in [0, 0.05) is 11.0 Å². The molecule has 0 N–H and O–H groups in total.